The van der Waals surface area contributed by atoms with E-state index in [4.69, 9.17) is 14.8 Å². The summed E-state index contributed by atoms with van der Waals surface area (Å²) in [6, 6.07) is 2.44. The van der Waals surface area contributed by atoms with Crippen LogP contribution in [-0.4, -0.2) is 48.3 Å². The van der Waals surface area contributed by atoms with Crippen LogP contribution < -0.4 is 5.48 Å². The standard InChI is InChI=1S/C14H25N3O3/c1-5-17-9-11(6-7-12(17)8-15)16-19-10-13(18)20-14(2,3)4/h11-12,16H,5-7,9-10H2,1-4H3/t11-,12+/m1/s1. The minimum atomic E-state index is -0.496. The van der Waals surface area contributed by atoms with E-state index in [2.05, 4.69) is 16.4 Å². The van der Waals surface area contributed by atoms with Gasteiger partial charge in [-0.1, -0.05) is 6.92 Å². The van der Waals surface area contributed by atoms with E-state index in [1.807, 2.05) is 27.7 Å². The predicted molar refractivity (Wildman–Crippen MR) is 74.6 cm³/mol. The number of nitriles is 1. The number of piperidine rings is 1. The highest BCUT2D eigenvalue weighted by atomic mass is 16.7. The minimum Gasteiger partial charge on any atom is -0.458 e. The molecule has 20 heavy (non-hydrogen) atoms. The molecule has 1 saturated heterocycles. The third kappa shape index (κ3) is 5.87. The quantitative estimate of drug-likeness (QED) is 0.604. The van der Waals surface area contributed by atoms with Crippen molar-refractivity contribution in [2.24, 2.45) is 0 Å². The fraction of sp³-hybridized carbons (Fsp3) is 0.857. The van der Waals surface area contributed by atoms with Crippen molar-refractivity contribution in [1.29, 1.82) is 5.26 Å². The Hall–Kier alpha value is -1.16. The van der Waals surface area contributed by atoms with Crippen molar-refractivity contribution in [3.8, 4) is 6.07 Å². The monoisotopic (exact) mass is 283 g/mol. The van der Waals surface area contributed by atoms with Crippen molar-refractivity contribution in [2.75, 3.05) is 19.7 Å². The molecule has 2 atom stereocenters. The normalized spacial score (nSPS) is 24.1. The molecule has 0 unspecified atom stereocenters. The van der Waals surface area contributed by atoms with Crippen LogP contribution in [0.5, 0.6) is 0 Å². The summed E-state index contributed by atoms with van der Waals surface area (Å²) in [6.45, 7) is 8.98. The van der Waals surface area contributed by atoms with E-state index >= 15 is 0 Å². The molecule has 0 radical (unpaired) electrons. The van der Waals surface area contributed by atoms with Crippen molar-refractivity contribution in [3.63, 3.8) is 0 Å². The summed E-state index contributed by atoms with van der Waals surface area (Å²) in [5, 5.41) is 9.03. The van der Waals surface area contributed by atoms with Gasteiger partial charge in [0.05, 0.1) is 12.1 Å². The number of carbonyl (C=O) groups is 1. The summed E-state index contributed by atoms with van der Waals surface area (Å²) in [7, 11) is 0. The zero-order valence-electron chi connectivity index (χ0n) is 12.8. The third-order valence-electron chi connectivity index (χ3n) is 3.10. The molecule has 0 saturated carbocycles. The average Bonchev–Trinajstić information content (AvgIpc) is 2.36. The largest absolute Gasteiger partial charge is 0.458 e. The van der Waals surface area contributed by atoms with Crippen LogP contribution in [-0.2, 0) is 14.4 Å². The second-order valence-electron chi connectivity index (χ2n) is 6.00. The first-order valence-electron chi connectivity index (χ1n) is 7.08. The van der Waals surface area contributed by atoms with Gasteiger partial charge >= 0.3 is 5.97 Å². The first kappa shape index (κ1) is 16.9. The number of carbonyl (C=O) groups excluding carboxylic acids is 1. The number of hydroxylamine groups is 1. The Morgan fingerprint density at radius 1 is 1.45 bits per heavy atom. The Kier molecular flexibility index (Phi) is 6.40. The van der Waals surface area contributed by atoms with Crippen LogP contribution in [0.2, 0.25) is 0 Å². The van der Waals surface area contributed by atoms with Gasteiger partial charge in [-0.25, -0.2) is 4.79 Å². The van der Waals surface area contributed by atoms with Crippen molar-refractivity contribution in [2.45, 2.75) is 58.2 Å². The maximum absolute atomic E-state index is 11.5. The van der Waals surface area contributed by atoms with Gasteiger partial charge in [0, 0.05) is 12.6 Å². The van der Waals surface area contributed by atoms with Gasteiger partial charge in [-0.05, 0) is 40.2 Å². The van der Waals surface area contributed by atoms with Gasteiger partial charge in [0.25, 0.3) is 0 Å². The number of likely N-dealkylation sites (tertiary alicyclic amines) is 1. The molecule has 0 bridgehead atoms. The van der Waals surface area contributed by atoms with Crippen LogP contribution in [0.1, 0.15) is 40.5 Å². The number of likely N-dealkylation sites (N-methyl/N-ethyl adjacent to an activating group) is 1. The fourth-order valence-electron chi connectivity index (χ4n) is 2.22. The van der Waals surface area contributed by atoms with E-state index in [9.17, 15) is 4.79 Å². The van der Waals surface area contributed by atoms with Gasteiger partial charge in [-0.3, -0.25) is 9.74 Å². The van der Waals surface area contributed by atoms with Gasteiger partial charge in [0.15, 0.2) is 6.61 Å². The van der Waals surface area contributed by atoms with Crippen molar-refractivity contribution in [3.05, 3.63) is 0 Å². The van der Waals surface area contributed by atoms with Crippen molar-refractivity contribution in [1.82, 2.24) is 10.4 Å². The van der Waals surface area contributed by atoms with E-state index in [0.717, 1.165) is 25.9 Å². The Bertz CT molecular complexity index is 360. The van der Waals surface area contributed by atoms with E-state index < -0.39 is 5.60 Å². The number of rotatable bonds is 5. The summed E-state index contributed by atoms with van der Waals surface area (Å²) in [6.07, 6.45) is 1.68. The number of nitrogens with zero attached hydrogens (tertiary/aromatic N) is 2. The summed E-state index contributed by atoms with van der Waals surface area (Å²) in [5.41, 5.74) is 2.40. The lowest BCUT2D eigenvalue weighted by Gasteiger charge is -2.35. The van der Waals surface area contributed by atoms with E-state index in [-0.39, 0.29) is 24.7 Å². The maximum Gasteiger partial charge on any atom is 0.334 e. The molecule has 1 fully saturated rings. The molecule has 0 aliphatic carbocycles. The first-order chi connectivity index (χ1) is 9.35. The second kappa shape index (κ2) is 7.58. The summed E-state index contributed by atoms with van der Waals surface area (Å²) >= 11 is 0. The average molecular weight is 283 g/mol. The molecule has 6 heteroatoms. The molecule has 1 rings (SSSR count). The Morgan fingerprint density at radius 3 is 2.70 bits per heavy atom. The summed E-state index contributed by atoms with van der Waals surface area (Å²) < 4.78 is 5.15. The topological polar surface area (TPSA) is 74.6 Å². The zero-order valence-corrected chi connectivity index (χ0v) is 12.8. The SMILES string of the molecule is CCN1C[C@H](NOCC(=O)OC(C)(C)C)CC[C@H]1C#N. The highest BCUT2D eigenvalue weighted by Crippen LogP contribution is 2.16. The molecule has 0 aromatic carbocycles. The number of hydrogen-bond donors (Lipinski definition) is 1. The van der Waals surface area contributed by atoms with Gasteiger partial charge < -0.3 is 4.74 Å². The highest BCUT2D eigenvalue weighted by molar-refractivity contribution is 5.71. The second-order valence-corrected chi connectivity index (χ2v) is 6.00. The smallest absolute Gasteiger partial charge is 0.334 e. The number of hydrogen-bond acceptors (Lipinski definition) is 6. The minimum absolute atomic E-state index is 0.0103. The van der Waals surface area contributed by atoms with Crippen LogP contribution in [0.4, 0.5) is 0 Å². The van der Waals surface area contributed by atoms with Gasteiger partial charge in [-0.15, -0.1) is 0 Å². The lowest BCUT2D eigenvalue weighted by atomic mass is 10.00. The summed E-state index contributed by atoms with van der Waals surface area (Å²) in [4.78, 5) is 18.8. The Balaban J connectivity index is 2.26. The molecule has 114 valence electrons. The van der Waals surface area contributed by atoms with Crippen LogP contribution in [0.25, 0.3) is 0 Å². The predicted octanol–water partition coefficient (Wildman–Crippen LogP) is 1.23. The number of ether oxygens (including phenoxy) is 1. The van der Waals surface area contributed by atoms with E-state index in [0.29, 0.717) is 0 Å². The molecule has 1 aliphatic heterocycles. The highest BCUT2D eigenvalue weighted by Gasteiger charge is 2.27. The third-order valence-corrected chi connectivity index (χ3v) is 3.10. The van der Waals surface area contributed by atoms with E-state index in [1.54, 1.807) is 0 Å². The molecule has 0 amide bonds. The lowest BCUT2D eigenvalue weighted by Crippen LogP contribution is -2.50. The molecular formula is C14H25N3O3. The molecule has 0 aromatic rings. The molecule has 0 spiro atoms. The lowest BCUT2D eigenvalue weighted by molar-refractivity contribution is -0.164. The maximum atomic E-state index is 11.5. The molecular weight excluding hydrogens is 258 g/mol. The Morgan fingerprint density at radius 2 is 2.15 bits per heavy atom. The summed E-state index contributed by atoms with van der Waals surface area (Å²) in [5.74, 6) is -0.386. The molecule has 6 nitrogen and oxygen atoms in total. The fourth-order valence-corrected chi connectivity index (χ4v) is 2.22. The Labute approximate surface area is 121 Å². The van der Waals surface area contributed by atoms with Crippen LogP contribution in [0.15, 0.2) is 0 Å². The van der Waals surface area contributed by atoms with Gasteiger partial charge in [-0.2, -0.15) is 10.7 Å². The first-order valence-corrected chi connectivity index (χ1v) is 7.08. The van der Waals surface area contributed by atoms with E-state index in [1.165, 1.54) is 0 Å². The molecule has 0 aromatic heterocycles. The molecule has 1 aliphatic rings. The van der Waals surface area contributed by atoms with Gasteiger partial charge in [0.1, 0.15) is 5.60 Å². The van der Waals surface area contributed by atoms with Crippen LogP contribution >= 0.6 is 0 Å². The number of nitrogens with one attached hydrogen (secondary N) is 1. The molecule has 1 heterocycles. The molecule has 1 N–H and O–H groups in total. The zero-order chi connectivity index (χ0) is 15.2. The van der Waals surface area contributed by atoms with Crippen LogP contribution in [0.3, 0.4) is 0 Å². The van der Waals surface area contributed by atoms with Crippen LogP contribution in [0, 0.1) is 11.3 Å². The van der Waals surface area contributed by atoms with Gasteiger partial charge in [0.2, 0.25) is 0 Å². The number of esters is 1. The van der Waals surface area contributed by atoms with Crippen molar-refractivity contribution < 1.29 is 14.4 Å². The van der Waals surface area contributed by atoms with Crippen molar-refractivity contribution >= 4 is 5.97 Å².